The van der Waals surface area contributed by atoms with Crippen LogP contribution < -0.4 is 14.4 Å². The van der Waals surface area contributed by atoms with Gasteiger partial charge in [0, 0.05) is 0 Å². The molecule has 0 spiro atoms. The van der Waals surface area contributed by atoms with Crippen LogP contribution in [0.25, 0.3) is 0 Å². The average Bonchev–Trinajstić information content (AvgIpc) is 2.79. The van der Waals surface area contributed by atoms with Crippen molar-refractivity contribution in [3.05, 3.63) is 95.6 Å². The summed E-state index contributed by atoms with van der Waals surface area (Å²) in [5.41, 5.74) is 3.34. The van der Waals surface area contributed by atoms with Gasteiger partial charge in [-0.2, -0.15) is 0 Å². The molecule has 3 rings (SSSR count). The van der Waals surface area contributed by atoms with Gasteiger partial charge in [0.2, 0.25) is 15.9 Å². The van der Waals surface area contributed by atoms with E-state index in [9.17, 15) is 13.2 Å². The average molecular weight is 467 g/mol. The number of ether oxygens (including phenoxy) is 1. The molecule has 6 nitrogen and oxygen atoms in total. The van der Waals surface area contributed by atoms with Crippen LogP contribution in [0.2, 0.25) is 0 Å². The van der Waals surface area contributed by atoms with Crippen molar-refractivity contribution in [2.45, 2.75) is 32.9 Å². The van der Waals surface area contributed by atoms with Crippen molar-refractivity contribution in [2.75, 3.05) is 17.2 Å². The standard InChI is InChI=1S/C26H30N2O4S/c1-5-32-24-17-15-23(16-18-24)28(33(4,30)31)20(3)26(29)27-25(21-9-7-6-8-10-21)22-13-11-19(2)12-14-22/h6-18,20,25H,5H2,1-4H3,(H,27,29)/t20-,25-/m0/s1. The van der Waals surface area contributed by atoms with Gasteiger partial charge >= 0.3 is 0 Å². The summed E-state index contributed by atoms with van der Waals surface area (Å²) in [5.74, 6) is 0.235. The van der Waals surface area contributed by atoms with Gasteiger partial charge in [0.05, 0.1) is 24.6 Å². The monoisotopic (exact) mass is 466 g/mol. The minimum Gasteiger partial charge on any atom is -0.494 e. The maximum atomic E-state index is 13.4. The fraction of sp³-hybridized carbons (Fsp3) is 0.269. The first-order valence-corrected chi connectivity index (χ1v) is 12.7. The second-order valence-corrected chi connectivity index (χ2v) is 9.78. The SMILES string of the molecule is CCOc1ccc(N([C@@H](C)C(=O)N[C@@H](c2ccccc2)c2ccc(C)cc2)S(C)(=O)=O)cc1. The van der Waals surface area contributed by atoms with Crippen LogP contribution >= 0.6 is 0 Å². The van der Waals surface area contributed by atoms with E-state index < -0.39 is 28.0 Å². The third-order valence-electron chi connectivity index (χ3n) is 5.32. The molecule has 1 N–H and O–H groups in total. The highest BCUT2D eigenvalue weighted by atomic mass is 32.2. The third-order valence-corrected chi connectivity index (χ3v) is 6.56. The van der Waals surface area contributed by atoms with Crippen molar-refractivity contribution in [3.8, 4) is 5.75 Å². The summed E-state index contributed by atoms with van der Waals surface area (Å²) in [5, 5.41) is 3.05. The van der Waals surface area contributed by atoms with Gasteiger partial charge in [0.25, 0.3) is 0 Å². The zero-order valence-corrected chi connectivity index (χ0v) is 20.2. The van der Waals surface area contributed by atoms with Crippen molar-refractivity contribution in [3.63, 3.8) is 0 Å². The van der Waals surface area contributed by atoms with Gasteiger partial charge in [-0.3, -0.25) is 9.10 Å². The molecule has 174 valence electrons. The number of amides is 1. The van der Waals surface area contributed by atoms with Gasteiger partial charge in [-0.1, -0.05) is 60.2 Å². The van der Waals surface area contributed by atoms with Crippen molar-refractivity contribution in [2.24, 2.45) is 0 Å². The van der Waals surface area contributed by atoms with Gasteiger partial charge in [-0.05, 0) is 56.2 Å². The Bertz CT molecular complexity index is 1160. The molecule has 0 aliphatic carbocycles. The Labute approximate surface area is 196 Å². The van der Waals surface area contributed by atoms with Crippen LogP contribution in [0.5, 0.6) is 5.75 Å². The Morgan fingerprint density at radius 2 is 1.52 bits per heavy atom. The summed E-state index contributed by atoms with van der Waals surface area (Å²) in [6.07, 6.45) is 1.10. The molecular weight excluding hydrogens is 436 g/mol. The lowest BCUT2D eigenvalue weighted by atomic mass is 9.97. The fourth-order valence-electron chi connectivity index (χ4n) is 3.69. The molecule has 0 radical (unpaired) electrons. The van der Waals surface area contributed by atoms with E-state index in [0.29, 0.717) is 18.0 Å². The smallest absolute Gasteiger partial charge is 0.244 e. The number of nitrogens with zero attached hydrogens (tertiary/aromatic N) is 1. The van der Waals surface area contributed by atoms with Crippen LogP contribution in [0.1, 0.15) is 36.6 Å². The Kier molecular flexibility index (Phi) is 7.76. The van der Waals surface area contributed by atoms with Crippen molar-refractivity contribution in [1.82, 2.24) is 5.32 Å². The van der Waals surface area contributed by atoms with Gasteiger partial charge in [0.15, 0.2) is 0 Å². The number of sulfonamides is 1. The molecule has 0 aliphatic heterocycles. The van der Waals surface area contributed by atoms with E-state index in [1.54, 1.807) is 31.2 Å². The molecule has 0 heterocycles. The van der Waals surface area contributed by atoms with E-state index in [4.69, 9.17) is 4.74 Å². The predicted molar refractivity (Wildman–Crippen MR) is 132 cm³/mol. The summed E-state index contributed by atoms with van der Waals surface area (Å²) in [6, 6.07) is 22.8. The minimum absolute atomic E-state index is 0.398. The van der Waals surface area contributed by atoms with Crippen molar-refractivity contribution >= 4 is 21.6 Å². The molecule has 33 heavy (non-hydrogen) atoms. The second-order valence-electron chi connectivity index (χ2n) is 7.92. The molecule has 0 bridgehead atoms. The summed E-state index contributed by atoms with van der Waals surface area (Å²) in [4.78, 5) is 13.4. The lowest BCUT2D eigenvalue weighted by molar-refractivity contribution is -0.122. The Hall–Kier alpha value is -3.32. The zero-order valence-electron chi connectivity index (χ0n) is 19.4. The number of benzene rings is 3. The summed E-state index contributed by atoms with van der Waals surface area (Å²) in [7, 11) is -3.73. The van der Waals surface area contributed by atoms with Crippen LogP contribution in [0.3, 0.4) is 0 Å². The number of aryl methyl sites for hydroxylation is 1. The van der Waals surface area contributed by atoms with Gasteiger partial charge < -0.3 is 10.1 Å². The second kappa shape index (κ2) is 10.5. The number of hydrogen-bond acceptors (Lipinski definition) is 4. The number of rotatable bonds is 9. The molecule has 0 fully saturated rings. The zero-order chi connectivity index (χ0) is 24.0. The maximum absolute atomic E-state index is 13.4. The minimum atomic E-state index is -3.73. The lowest BCUT2D eigenvalue weighted by Gasteiger charge is -2.30. The van der Waals surface area contributed by atoms with Crippen LogP contribution in [0.15, 0.2) is 78.9 Å². The first-order chi connectivity index (χ1) is 15.7. The summed E-state index contributed by atoms with van der Waals surface area (Å²) >= 11 is 0. The normalized spacial score (nSPS) is 13.1. The Balaban J connectivity index is 1.91. The molecule has 0 aromatic heterocycles. The molecule has 3 aromatic rings. The lowest BCUT2D eigenvalue weighted by Crippen LogP contribution is -2.48. The van der Waals surface area contributed by atoms with Crippen LogP contribution in [0, 0.1) is 6.92 Å². The Morgan fingerprint density at radius 3 is 2.06 bits per heavy atom. The van der Waals surface area contributed by atoms with E-state index in [0.717, 1.165) is 27.3 Å². The predicted octanol–water partition coefficient (Wildman–Crippen LogP) is 4.45. The quantitative estimate of drug-likeness (QED) is 0.505. The number of carbonyl (C=O) groups is 1. The highest BCUT2D eigenvalue weighted by Gasteiger charge is 2.31. The van der Waals surface area contributed by atoms with E-state index in [-0.39, 0.29) is 0 Å². The van der Waals surface area contributed by atoms with E-state index in [1.807, 2.05) is 68.4 Å². The number of nitrogens with one attached hydrogen (secondary N) is 1. The molecule has 7 heteroatoms. The molecule has 0 unspecified atom stereocenters. The molecule has 0 aliphatic rings. The highest BCUT2D eigenvalue weighted by Crippen LogP contribution is 2.26. The molecule has 3 aromatic carbocycles. The van der Waals surface area contributed by atoms with Crippen molar-refractivity contribution < 1.29 is 17.9 Å². The molecule has 2 atom stereocenters. The van der Waals surface area contributed by atoms with Crippen LogP contribution in [-0.2, 0) is 14.8 Å². The van der Waals surface area contributed by atoms with E-state index in [1.165, 1.54) is 0 Å². The number of carbonyl (C=O) groups excluding carboxylic acids is 1. The fourth-order valence-corrected chi connectivity index (χ4v) is 4.87. The Morgan fingerprint density at radius 1 is 0.939 bits per heavy atom. The number of hydrogen-bond donors (Lipinski definition) is 1. The first kappa shape index (κ1) is 24.3. The van der Waals surface area contributed by atoms with Crippen LogP contribution in [-0.4, -0.2) is 33.2 Å². The molecule has 0 saturated heterocycles. The largest absolute Gasteiger partial charge is 0.494 e. The molecule has 1 amide bonds. The molecular formula is C26H30N2O4S. The first-order valence-electron chi connectivity index (χ1n) is 10.8. The maximum Gasteiger partial charge on any atom is 0.244 e. The van der Waals surface area contributed by atoms with E-state index >= 15 is 0 Å². The van der Waals surface area contributed by atoms with Crippen molar-refractivity contribution in [1.29, 1.82) is 0 Å². The van der Waals surface area contributed by atoms with E-state index in [2.05, 4.69) is 5.32 Å². The van der Waals surface area contributed by atoms with Gasteiger partial charge in [-0.15, -0.1) is 0 Å². The number of anilines is 1. The summed E-state index contributed by atoms with van der Waals surface area (Å²) in [6.45, 7) is 5.97. The third kappa shape index (κ3) is 6.14. The van der Waals surface area contributed by atoms with Crippen LogP contribution in [0.4, 0.5) is 5.69 Å². The highest BCUT2D eigenvalue weighted by molar-refractivity contribution is 7.92. The van der Waals surface area contributed by atoms with Gasteiger partial charge in [0.1, 0.15) is 11.8 Å². The molecule has 0 saturated carbocycles. The van der Waals surface area contributed by atoms with Gasteiger partial charge in [-0.25, -0.2) is 8.42 Å². The summed E-state index contributed by atoms with van der Waals surface area (Å²) < 4.78 is 31.9. The topological polar surface area (TPSA) is 75.7 Å².